The molecule has 2 aromatic rings. The highest BCUT2D eigenvalue weighted by molar-refractivity contribution is 5.92. The third-order valence-corrected chi connectivity index (χ3v) is 4.59. The van der Waals surface area contributed by atoms with Crippen LogP contribution in [0.1, 0.15) is 18.4 Å². The molecular weight excluding hydrogens is 303 g/mol. The van der Waals surface area contributed by atoms with E-state index in [0.29, 0.717) is 12.5 Å². The van der Waals surface area contributed by atoms with Gasteiger partial charge in [-0.15, -0.1) is 0 Å². The second-order valence-electron chi connectivity index (χ2n) is 6.44. The summed E-state index contributed by atoms with van der Waals surface area (Å²) in [6.07, 6.45) is 3.31. The molecule has 1 fully saturated rings. The van der Waals surface area contributed by atoms with Gasteiger partial charge in [-0.2, -0.15) is 0 Å². The molecular formula is C20H23FN2O. The molecule has 4 heteroatoms. The lowest BCUT2D eigenvalue weighted by molar-refractivity contribution is -0.117. The Morgan fingerprint density at radius 2 is 1.71 bits per heavy atom. The van der Waals surface area contributed by atoms with Crippen molar-refractivity contribution in [2.45, 2.75) is 19.3 Å². The Morgan fingerprint density at radius 1 is 1.04 bits per heavy atom. The number of halogens is 1. The second kappa shape index (κ2) is 8.06. The molecule has 0 aromatic heterocycles. The first-order valence-corrected chi connectivity index (χ1v) is 8.51. The number of amides is 1. The van der Waals surface area contributed by atoms with Crippen molar-refractivity contribution in [3.05, 3.63) is 66.0 Å². The molecule has 0 spiro atoms. The van der Waals surface area contributed by atoms with Gasteiger partial charge in [-0.1, -0.05) is 42.5 Å². The first-order chi connectivity index (χ1) is 11.7. The minimum absolute atomic E-state index is 0.151. The minimum atomic E-state index is -0.396. The summed E-state index contributed by atoms with van der Waals surface area (Å²) < 4.78 is 13.6. The molecule has 126 valence electrons. The monoisotopic (exact) mass is 326 g/mol. The molecule has 0 bridgehead atoms. The van der Waals surface area contributed by atoms with E-state index >= 15 is 0 Å². The van der Waals surface area contributed by atoms with Gasteiger partial charge < -0.3 is 5.32 Å². The van der Waals surface area contributed by atoms with Gasteiger partial charge >= 0.3 is 0 Å². The van der Waals surface area contributed by atoms with Gasteiger partial charge in [-0.25, -0.2) is 4.39 Å². The molecule has 0 radical (unpaired) electrons. The van der Waals surface area contributed by atoms with Crippen LogP contribution in [0.4, 0.5) is 10.1 Å². The molecule has 0 atom stereocenters. The van der Waals surface area contributed by atoms with Crippen molar-refractivity contribution < 1.29 is 9.18 Å². The number of likely N-dealkylation sites (tertiary alicyclic amines) is 1. The van der Waals surface area contributed by atoms with Crippen molar-refractivity contribution in [3.63, 3.8) is 0 Å². The Bertz CT molecular complexity index is 666. The van der Waals surface area contributed by atoms with Crippen LogP contribution in [0.15, 0.2) is 54.6 Å². The maximum absolute atomic E-state index is 13.6. The van der Waals surface area contributed by atoms with Crippen molar-refractivity contribution in [1.29, 1.82) is 0 Å². The Morgan fingerprint density at radius 3 is 2.42 bits per heavy atom. The SMILES string of the molecule is O=C(CN1CCC(Cc2ccccc2)CC1)Nc1ccccc1F. The fourth-order valence-corrected chi connectivity index (χ4v) is 3.25. The van der Waals surface area contributed by atoms with Crippen LogP contribution in [-0.4, -0.2) is 30.4 Å². The molecule has 1 saturated heterocycles. The molecule has 1 heterocycles. The highest BCUT2D eigenvalue weighted by Crippen LogP contribution is 2.21. The van der Waals surface area contributed by atoms with Gasteiger partial charge in [0.15, 0.2) is 0 Å². The molecule has 24 heavy (non-hydrogen) atoms. The zero-order chi connectivity index (χ0) is 16.8. The molecule has 1 N–H and O–H groups in total. The average molecular weight is 326 g/mol. The van der Waals surface area contributed by atoms with E-state index in [2.05, 4.69) is 34.5 Å². The lowest BCUT2D eigenvalue weighted by Crippen LogP contribution is -2.39. The number of benzene rings is 2. The van der Waals surface area contributed by atoms with Crippen LogP contribution in [0, 0.1) is 11.7 Å². The predicted octanol–water partition coefficient (Wildman–Crippen LogP) is 3.72. The van der Waals surface area contributed by atoms with Crippen molar-refractivity contribution in [2.24, 2.45) is 5.92 Å². The van der Waals surface area contributed by atoms with Crippen LogP contribution >= 0.6 is 0 Å². The fourth-order valence-electron chi connectivity index (χ4n) is 3.25. The second-order valence-corrected chi connectivity index (χ2v) is 6.44. The summed E-state index contributed by atoms with van der Waals surface area (Å²) in [5.41, 5.74) is 1.63. The Balaban J connectivity index is 1.43. The van der Waals surface area contributed by atoms with Gasteiger partial charge in [-0.05, 0) is 56.0 Å². The summed E-state index contributed by atoms with van der Waals surface area (Å²) >= 11 is 0. The molecule has 0 aliphatic carbocycles. The van der Waals surface area contributed by atoms with E-state index in [1.54, 1.807) is 18.2 Å². The Kier molecular flexibility index (Phi) is 5.59. The summed E-state index contributed by atoms with van der Waals surface area (Å²) in [4.78, 5) is 14.2. The van der Waals surface area contributed by atoms with Gasteiger partial charge in [0, 0.05) is 0 Å². The van der Waals surface area contributed by atoms with E-state index in [0.717, 1.165) is 32.4 Å². The largest absolute Gasteiger partial charge is 0.322 e. The number of hydrogen-bond donors (Lipinski definition) is 1. The Hall–Kier alpha value is -2.20. The predicted molar refractivity (Wildman–Crippen MR) is 94.3 cm³/mol. The highest BCUT2D eigenvalue weighted by Gasteiger charge is 2.21. The summed E-state index contributed by atoms with van der Waals surface area (Å²) in [5, 5.41) is 2.65. The minimum Gasteiger partial charge on any atom is -0.322 e. The zero-order valence-electron chi connectivity index (χ0n) is 13.7. The van der Waals surface area contributed by atoms with Crippen LogP contribution in [0.5, 0.6) is 0 Å². The molecule has 2 aromatic carbocycles. The maximum Gasteiger partial charge on any atom is 0.238 e. The number of nitrogens with zero attached hydrogens (tertiary/aromatic N) is 1. The van der Waals surface area contributed by atoms with Crippen molar-refractivity contribution in [1.82, 2.24) is 4.90 Å². The van der Waals surface area contributed by atoms with Gasteiger partial charge in [0.2, 0.25) is 5.91 Å². The molecule has 1 aliphatic rings. The molecule has 1 aliphatic heterocycles. The van der Waals surface area contributed by atoms with E-state index in [1.165, 1.54) is 11.6 Å². The maximum atomic E-state index is 13.6. The lowest BCUT2D eigenvalue weighted by atomic mass is 9.90. The lowest BCUT2D eigenvalue weighted by Gasteiger charge is -2.31. The summed E-state index contributed by atoms with van der Waals surface area (Å²) in [7, 11) is 0. The Labute approximate surface area is 142 Å². The van der Waals surface area contributed by atoms with E-state index in [4.69, 9.17) is 0 Å². The summed E-state index contributed by atoms with van der Waals surface area (Å²) in [6.45, 7) is 2.16. The zero-order valence-corrected chi connectivity index (χ0v) is 13.7. The number of rotatable bonds is 5. The smallest absolute Gasteiger partial charge is 0.238 e. The van der Waals surface area contributed by atoms with Crippen molar-refractivity contribution in [2.75, 3.05) is 25.0 Å². The normalized spacial score (nSPS) is 16.0. The third-order valence-electron chi connectivity index (χ3n) is 4.59. The third kappa shape index (κ3) is 4.65. The summed E-state index contributed by atoms with van der Waals surface area (Å²) in [6, 6.07) is 16.8. The number of anilines is 1. The number of carbonyl (C=O) groups is 1. The number of carbonyl (C=O) groups excluding carboxylic acids is 1. The van der Waals surface area contributed by atoms with Gasteiger partial charge in [0.25, 0.3) is 0 Å². The van der Waals surface area contributed by atoms with Crippen LogP contribution in [0.2, 0.25) is 0 Å². The van der Waals surface area contributed by atoms with Gasteiger partial charge in [0.05, 0.1) is 12.2 Å². The highest BCUT2D eigenvalue weighted by atomic mass is 19.1. The molecule has 1 amide bonds. The average Bonchev–Trinajstić information content (AvgIpc) is 2.60. The molecule has 3 nitrogen and oxygen atoms in total. The van der Waals surface area contributed by atoms with Crippen molar-refractivity contribution >= 4 is 11.6 Å². The number of hydrogen-bond acceptors (Lipinski definition) is 2. The number of para-hydroxylation sites is 1. The first kappa shape index (κ1) is 16.7. The molecule has 3 rings (SSSR count). The van der Waals surface area contributed by atoms with E-state index in [9.17, 15) is 9.18 Å². The first-order valence-electron chi connectivity index (χ1n) is 8.51. The summed E-state index contributed by atoms with van der Waals surface area (Å²) in [5.74, 6) is 0.132. The quantitative estimate of drug-likeness (QED) is 0.908. The van der Waals surface area contributed by atoms with Crippen LogP contribution in [0.3, 0.4) is 0 Å². The van der Waals surface area contributed by atoms with Gasteiger partial charge in [0.1, 0.15) is 5.82 Å². The number of piperidine rings is 1. The van der Waals surface area contributed by atoms with Crippen molar-refractivity contribution in [3.8, 4) is 0 Å². The molecule has 0 saturated carbocycles. The number of nitrogens with one attached hydrogen (secondary N) is 1. The standard InChI is InChI=1S/C20H23FN2O/c21-18-8-4-5-9-19(18)22-20(24)15-23-12-10-17(11-13-23)14-16-6-2-1-3-7-16/h1-9,17H,10-15H2,(H,22,24). The molecule has 0 unspecified atom stereocenters. The van der Waals surface area contributed by atoms with E-state index in [1.807, 2.05) is 6.07 Å². The van der Waals surface area contributed by atoms with Crippen LogP contribution < -0.4 is 5.32 Å². The van der Waals surface area contributed by atoms with E-state index < -0.39 is 5.82 Å². The van der Waals surface area contributed by atoms with Crippen LogP contribution in [-0.2, 0) is 11.2 Å². The van der Waals surface area contributed by atoms with Crippen LogP contribution in [0.25, 0.3) is 0 Å². The van der Waals surface area contributed by atoms with Gasteiger partial charge in [-0.3, -0.25) is 9.69 Å². The fraction of sp³-hybridized carbons (Fsp3) is 0.350. The topological polar surface area (TPSA) is 32.3 Å². The van der Waals surface area contributed by atoms with E-state index in [-0.39, 0.29) is 11.6 Å².